The molecular weight excluding hydrogens is 311 g/mol. The Bertz CT molecular complexity index is 548. The van der Waals surface area contributed by atoms with Gasteiger partial charge in [0.2, 0.25) is 11.8 Å². The van der Waals surface area contributed by atoms with Crippen LogP contribution in [-0.4, -0.2) is 29.8 Å². The Balaban J connectivity index is 1.96. The lowest BCUT2D eigenvalue weighted by atomic mass is 10.1. The monoisotopic (exact) mass is 328 g/mol. The van der Waals surface area contributed by atoms with Gasteiger partial charge in [0.1, 0.15) is 0 Å². The summed E-state index contributed by atoms with van der Waals surface area (Å²) in [5.74, 6) is -0.446. The van der Waals surface area contributed by atoms with Gasteiger partial charge in [0.15, 0.2) is 0 Å². The molecule has 114 valence electrons. The first-order valence-corrected chi connectivity index (χ1v) is 7.80. The summed E-state index contributed by atoms with van der Waals surface area (Å²) in [5.41, 5.74) is 0.519. The van der Waals surface area contributed by atoms with E-state index in [1.54, 1.807) is 23.1 Å². The molecule has 2 rings (SSSR count). The lowest BCUT2D eigenvalue weighted by Crippen LogP contribution is -2.29. The molecule has 0 aliphatic carbocycles. The summed E-state index contributed by atoms with van der Waals surface area (Å²) in [5, 5.41) is 3.67. The van der Waals surface area contributed by atoms with Crippen LogP contribution in [0.4, 0.5) is 5.69 Å². The molecule has 1 fully saturated rings. The zero-order valence-corrected chi connectivity index (χ0v) is 13.4. The van der Waals surface area contributed by atoms with E-state index in [0.29, 0.717) is 22.3 Å². The fourth-order valence-electron chi connectivity index (χ4n) is 2.34. The lowest BCUT2D eigenvalue weighted by molar-refractivity contribution is -0.128. The van der Waals surface area contributed by atoms with Gasteiger partial charge < -0.3 is 10.2 Å². The highest BCUT2D eigenvalue weighted by atomic mass is 35.5. The van der Waals surface area contributed by atoms with E-state index in [2.05, 4.69) is 12.2 Å². The minimum Gasteiger partial charge on any atom is -0.342 e. The predicted molar refractivity (Wildman–Crippen MR) is 84.7 cm³/mol. The maximum Gasteiger partial charge on any atom is 0.229 e. The van der Waals surface area contributed by atoms with Gasteiger partial charge in [0.25, 0.3) is 0 Å². The van der Waals surface area contributed by atoms with E-state index in [9.17, 15) is 9.59 Å². The lowest BCUT2D eigenvalue weighted by Gasteiger charge is -2.16. The van der Waals surface area contributed by atoms with Crippen molar-refractivity contribution in [2.24, 2.45) is 5.92 Å². The Hall–Kier alpha value is -1.26. The van der Waals surface area contributed by atoms with Crippen molar-refractivity contribution in [1.82, 2.24) is 4.90 Å². The molecule has 1 aromatic rings. The highest BCUT2D eigenvalue weighted by Gasteiger charge is 2.33. The van der Waals surface area contributed by atoms with Crippen molar-refractivity contribution in [3.63, 3.8) is 0 Å². The zero-order valence-electron chi connectivity index (χ0n) is 11.9. The van der Waals surface area contributed by atoms with E-state index < -0.39 is 0 Å². The number of carbonyl (C=O) groups is 2. The van der Waals surface area contributed by atoms with Gasteiger partial charge in [0, 0.05) is 24.5 Å². The second-order valence-corrected chi connectivity index (χ2v) is 6.05. The maximum absolute atomic E-state index is 12.2. The molecule has 1 saturated heterocycles. The van der Waals surface area contributed by atoms with Crippen LogP contribution in [0, 0.1) is 5.92 Å². The number of unbranched alkanes of at least 4 members (excludes halogenated alkanes) is 1. The molecule has 1 aromatic carbocycles. The van der Waals surface area contributed by atoms with Crippen LogP contribution in [-0.2, 0) is 9.59 Å². The van der Waals surface area contributed by atoms with Crippen LogP contribution in [0.5, 0.6) is 0 Å². The second-order valence-electron chi connectivity index (χ2n) is 5.21. The first kappa shape index (κ1) is 16.1. The number of anilines is 1. The van der Waals surface area contributed by atoms with Gasteiger partial charge in [-0.2, -0.15) is 0 Å². The van der Waals surface area contributed by atoms with Crippen molar-refractivity contribution in [2.75, 3.05) is 18.4 Å². The van der Waals surface area contributed by atoms with Crippen LogP contribution in [0.1, 0.15) is 26.2 Å². The van der Waals surface area contributed by atoms with Crippen molar-refractivity contribution in [3.05, 3.63) is 28.2 Å². The Kier molecular flexibility index (Phi) is 5.48. The quantitative estimate of drug-likeness (QED) is 0.898. The second kappa shape index (κ2) is 7.14. The SMILES string of the molecule is CCCCN1CC(C(=O)Nc2ccc(Cl)cc2Cl)CC1=O. The van der Waals surface area contributed by atoms with E-state index in [1.165, 1.54) is 0 Å². The van der Waals surface area contributed by atoms with Gasteiger partial charge in [-0.15, -0.1) is 0 Å². The van der Waals surface area contributed by atoms with Crippen LogP contribution in [0.3, 0.4) is 0 Å². The molecule has 1 atom stereocenters. The summed E-state index contributed by atoms with van der Waals surface area (Å²) < 4.78 is 0. The highest BCUT2D eigenvalue weighted by Crippen LogP contribution is 2.27. The summed E-state index contributed by atoms with van der Waals surface area (Å²) in [6.07, 6.45) is 2.25. The summed E-state index contributed by atoms with van der Waals surface area (Å²) >= 11 is 11.8. The van der Waals surface area contributed by atoms with E-state index >= 15 is 0 Å². The number of amides is 2. The molecule has 2 amide bonds. The maximum atomic E-state index is 12.2. The van der Waals surface area contributed by atoms with Gasteiger partial charge in [-0.05, 0) is 24.6 Å². The van der Waals surface area contributed by atoms with Crippen LogP contribution < -0.4 is 5.32 Å². The molecule has 6 heteroatoms. The number of carbonyl (C=O) groups excluding carboxylic acids is 2. The van der Waals surface area contributed by atoms with Crippen molar-refractivity contribution in [2.45, 2.75) is 26.2 Å². The molecule has 1 aliphatic heterocycles. The van der Waals surface area contributed by atoms with Crippen LogP contribution in [0.15, 0.2) is 18.2 Å². The number of hydrogen-bond acceptors (Lipinski definition) is 2. The molecule has 1 N–H and O–H groups in total. The van der Waals surface area contributed by atoms with Crippen LogP contribution in [0.2, 0.25) is 10.0 Å². The predicted octanol–water partition coefficient (Wildman–Crippen LogP) is 3.58. The van der Waals surface area contributed by atoms with E-state index in [1.807, 2.05) is 0 Å². The van der Waals surface area contributed by atoms with Crippen molar-refractivity contribution in [3.8, 4) is 0 Å². The van der Waals surface area contributed by atoms with Gasteiger partial charge >= 0.3 is 0 Å². The van der Waals surface area contributed by atoms with Gasteiger partial charge in [0.05, 0.1) is 16.6 Å². The van der Waals surface area contributed by atoms with E-state index in [4.69, 9.17) is 23.2 Å². The van der Waals surface area contributed by atoms with E-state index in [-0.39, 0.29) is 24.2 Å². The smallest absolute Gasteiger partial charge is 0.229 e. The molecule has 4 nitrogen and oxygen atoms in total. The van der Waals surface area contributed by atoms with Gasteiger partial charge in [-0.1, -0.05) is 36.5 Å². The number of benzene rings is 1. The Labute approximate surface area is 134 Å². The molecule has 1 unspecified atom stereocenters. The third kappa shape index (κ3) is 4.11. The van der Waals surface area contributed by atoms with Crippen molar-refractivity contribution < 1.29 is 9.59 Å². The molecule has 1 heterocycles. The number of hydrogen-bond donors (Lipinski definition) is 1. The standard InChI is InChI=1S/C15H18Cl2N2O2/c1-2-3-6-19-9-10(7-14(19)20)15(21)18-13-5-4-11(16)8-12(13)17/h4-5,8,10H,2-3,6-7,9H2,1H3,(H,18,21). The molecule has 21 heavy (non-hydrogen) atoms. The largest absolute Gasteiger partial charge is 0.342 e. The third-order valence-corrected chi connectivity index (χ3v) is 4.10. The fraction of sp³-hybridized carbons (Fsp3) is 0.467. The Morgan fingerprint density at radius 2 is 2.19 bits per heavy atom. The summed E-state index contributed by atoms with van der Waals surface area (Å²) in [6.45, 7) is 3.28. The topological polar surface area (TPSA) is 49.4 Å². The first-order valence-electron chi connectivity index (χ1n) is 7.05. The number of halogens is 2. The normalized spacial score (nSPS) is 18.1. The summed E-state index contributed by atoms with van der Waals surface area (Å²) in [7, 11) is 0. The molecular formula is C15H18Cl2N2O2. The van der Waals surface area contributed by atoms with E-state index in [0.717, 1.165) is 19.4 Å². The molecule has 0 radical (unpaired) electrons. The minimum atomic E-state index is -0.318. The number of likely N-dealkylation sites (tertiary alicyclic amines) is 1. The molecule has 0 saturated carbocycles. The number of rotatable bonds is 5. The number of nitrogens with zero attached hydrogens (tertiary/aromatic N) is 1. The minimum absolute atomic E-state index is 0.0470. The third-order valence-electron chi connectivity index (χ3n) is 3.56. The Morgan fingerprint density at radius 1 is 1.43 bits per heavy atom. The molecule has 0 bridgehead atoms. The average Bonchev–Trinajstić information content (AvgIpc) is 2.81. The van der Waals surface area contributed by atoms with Crippen LogP contribution in [0.25, 0.3) is 0 Å². The van der Waals surface area contributed by atoms with Crippen molar-refractivity contribution in [1.29, 1.82) is 0 Å². The molecule has 1 aliphatic rings. The van der Waals surface area contributed by atoms with Crippen LogP contribution >= 0.6 is 23.2 Å². The van der Waals surface area contributed by atoms with Crippen molar-refractivity contribution >= 4 is 40.7 Å². The number of nitrogens with one attached hydrogen (secondary N) is 1. The zero-order chi connectivity index (χ0) is 15.4. The average molecular weight is 329 g/mol. The van der Waals surface area contributed by atoms with Gasteiger partial charge in [-0.3, -0.25) is 9.59 Å². The summed E-state index contributed by atoms with van der Waals surface area (Å²) in [6, 6.07) is 4.90. The van der Waals surface area contributed by atoms with Gasteiger partial charge in [-0.25, -0.2) is 0 Å². The summed E-state index contributed by atoms with van der Waals surface area (Å²) in [4.78, 5) is 25.9. The fourth-order valence-corrected chi connectivity index (χ4v) is 2.79. The molecule has 0 spiro atoms. The molecule has 0 aromatic heterocycles. The Morgan fingerprint density at radius 3 is 2.86 bits per heavy atom. The highest BCUT2D eigenvalue weighted by molar-refractivity contribution is 6.36. The first-order chi connectivity index (χ1) is 10.0.